The smallest absolute Gasteiger partial charge is 0.336 e. The quantitative estimate of drug-likeness (QED) is 0.921. The summed E-state index contributed by atoms with van der Waals surface area (Å²) in [5.41, 5.74) is 1.32. The minimum absolute atomic E-state index is 0.105. The number of benzene rings is 2. The highest BCUT2D eigenvalue weighted by Crippen LogP contribution is 2.34. The third-order valence-corrected chi connectivity index (χ3v) is 4.07. The molecule has 0 radical (unpaired) electrons. The zero-order valence-electron chi connectivity index (χ0n) is 12.3. The highest BCUT2D eigenvalue weighted by atomic mass is 16.5. The second kappa shape index (κ2) is 5.04. The summed E-state index contributed by atoms with van der Waals surface area (Å²) in [5, 5.41) is 11.1. The van der Waals surface area contributed by atoms with E-state index in [1.54, 1.807) is 6.07 Å². The van der Waals surface area contributed by atoms with E-state index in [-0.39, 0.29) is 5.54 Å². The summed E-state index contributed by atoms with van der Waals surface area (Å²) in [4.78, 5) is 13.7. The van der Waals surface area contributed by atoms with E-state index in [2.05, 4.69) is 18.7 Å². The molecule has 2 aromatic carbocycles. The van der Waals surface area contributed by atoms with Crippen LogP contribution in [0.2, 0.25) is 0 Å². The van der Waals surface area contributed by atoms with E-state index in [0.29, 0.717) is 18.8 Å². The van der Waals surface area contributed by atoms with Crippen molar-refractivity contribution in [1.82, 2.24) is 0 Å². The van der Waals surface area contributed by atoms with Crippen molar-refractivity contribution >= 4 is 22.4 Å². The molecule has 0 amide bonds. The van der Waals surface area contributed by atoms with Crippen molar-refractivity contribution in [3.8, 4) is 0 Å². The Labute approximate surface area is 123 Å². The first-order valence-electron chi connectivity index (χ1n) is 7.11. The largest absolute Gasteiger partial charge is 0.478 e. The van der Waals surface area contributed by atoms with Crippen molar-refractivity contribution in [3.63, 3.8) is 0 Å². The van der Waals surface area contributed by atoms with Gasteiger partial charge in [0.1, 0.15) is 0 Å². The number of hydrogen-bond donors (Lipinski definition) is 1. The number of carbonyl (C=O) groups is 1. The van der Waals surface area contributed by atoms with Gasteiger partial charge >= 0.3 is 5.97 Å². The van der Waals surface area contributed by atoms with E-state index in [1.807, 2.05) is 30.3 Å². The maximum Gasteiger partial charge on any atom is 0.336 e. The van der Waals surface area contributed by atoms with Crippen LogP contribution < -0.4 is 4.90 Å². The van der Waals surface area contributed by atoms with E-state index < -0.39 is 5.97 Å². The van der Waals surface area contributed by atoms with Crippen LogP contribution in [0.25, 0.3) is 10.8 Å². The van der Waals surface area contributed by atoms with Crippen LogP contribution in [0.4, 0.5) is 5.69 Å². The number of aromatic carboxylic acids is 1. The maximum atomic E-state index is 11.4. The number of carboxylic acid groups (broad SMARTS) is 1. The number of carboxylic acids is 1. The lowest BCUT2D eigenvalue weighted by molar-refractivity contribution is 0.0645. The molecule has 1 heterocycles. The van der Waals surface area contributed by atoms with Crippen LogP contribution in [-0.4, -0.2) is 36.4 Å². The lowest BCUT2D eigenvalue weighted by atomic mass is 9.97. The molecule has 4 heteroatoms. The van der Waals surface area contributed by atoms with Crippen LogP contribution in [0.5, 0.6) is 0 Å². The monoisotopic (exact) mass is 285 g/mol. The summed E-state index contributed by atoms with van der Waals surface area (Å²) in [5.74, 6) is -0.890. The molecule has 0 unspecified atom stereocenters. The van der Waals surface area contributed by atoms with E-state index in [9.17, 15) is 9.90 Å². The van der Waals surface area contributed by atoms with E-state index >= 15 is 0 Å². The number of hydrogen-bond acceptors (Lipinski definition) is 3. The molecule has 110 valence electrons. The van der Waals surface area contributed by atoms with Crippen LogP contribution in [0.3, 0.4) is 0 Å². The van der Waals surface area contributed by atoms with Crippen LogP contribution in [-0.2, 0) is 4.74 Å². The van der Waals surface area contributed by atoms with E-state index in [4.69, 9.17) is 4.74 Å². The predicted molar refractivity (Wildman–Crippen MR) is 83.2 cm³/mol. The molecule has 0 aliphatic carbocycles. The van der Waals surface area contributed by atoms with Gasteiger partial charge in [0.15, 0.2) is 0 Å². The normalized spacial score (nSPS) is 17.9. The topological polar surface area (TPSA) is 49.8 Å². The minimum atomic E-state index is -0.890. The molecule has 0 atom stereocenters. The molecule has 0 bridgehead atoms. The minimum Gasteiger partial charge on any atom is -0.478 e. The molecule has 0 spiro atoms. The Morgan fingerprint density at radius 2 is 1.90 bits per heavy atom. The summed E-state index contributed by atoms with van der Waals surface area (Å²) in [6.45, 7) is 6.46. The highest BCUT2D eigenvalue weighted by Gasteiger charge is 2.31. The number of anilines is 1. The van der Waals surface area contributed by atoms with Gasteiger partial charge < -0.3 is 14.7 Å². The Hall–Kier alpha value is -2.07. The van der Waals surface area contributed by atoms with Crippen molar-refractivity contribution in [3.05, 3.63) is 42.0 Å². The fourth-order valence-electron chi connectivity index (χ4n) is 3.01. The molecule has 1 fully saturated rings. The summed E-state index contributed by atoms with van der Waals surface area (Å²) in [6.07, 6.45) is 0. The second-order valence-electron chi connectivity index (χ2n) is 6.00. The van der Waals surface area contributed by atoms with Gasteiger partial charge in [-0.1, -0.05) is 24.3 Å². The Morgan fingerprint density at radius 3 is 2.57 bits per heavy atom. The van der Waals surface area contributed by atoms with Gasteiger partial charge in [-0.15, -0.1) is 0 Å². The number of fused-ring (bicyclic) bond motifs is 1. The first-order valence-corrected chi connectivity index (χ1v) is 7.11. The molecule has 0 saturated carbocycles. The van der Waals surface area contributed by atoms with E-state index in [1.165, 1.54) is 0 Å². The zero-order chi connectivity index (χ0) is 15.0. The van der Waals surface area contributed by atoms with Crippen molar-refractivity contribution in [2.45, 2.75) is 19.4 Å². The number of morpholine rings is 1. The standard InChI is InChI=1S/C17H19NO3/c1-17(2)11-21-10-9-18(17)15-8-7-14(16(19)20)12-5-3-4-6-13(12)15/h3-8H,9-11H2,1-2H3,(H,19,20). The average molecular weight is 285 g/mol. The molecule has 0 aromatic heterocycles. The van der Waals surface area contributed by atoms with E-state index in [0.717, 1.165) is 23.0 Å². The third-order valence-electron chi connectivity index (χ3n) is 4.07. The zero-order valence-corrected chi connectivity index (χ0v) is 12.3. The summed E-state index contributed by atoms with van der Waals surface area (Å²) in [6, 6.07) is 11.3. The molecule has 21 heavy (non-hydrogen) atoms. The molecule has 1 N–H and O–H groups in total. The van der Waals surface area contributed by atoms with Gasteiger partial charge in [-0.05, 0) is 31.4 Å². The van der Waals surface area contributed by atoms with Gasteiger partial charge in [-0.3, -0.25) is 0 Å². The number of ether oxygens (including phenoxy) is 1. The lowest BCUT2D eigenvalue weighted by Crippen LogP contribution is -2.53. The Kier molecular flexibility index (Phi) is 3.33. The molecular formula is C17H19NO3. The Balaban J connectivity index is 2.20. The fourth-order valence-corrected chi connectivity index (χ4v) is 3.01. The van der Waals surface area contributed by atoms with Crippen LogP contribution >= 0.6 is 0 Å². The molecule has 2 aromatic rings. The predicted octanol–water partition coefficient (Wildman–Crippen LogP) is 3.15. The van der Waals surface area contributed by atoms with Crippen molar-refractivity contribution in [2.75, 3.05) is 24.7 Å². The van der Waals surface area contributed by atoms with Crippen LogP contribution in [0.1, 0.15) is 24.2 Å². The SMILES string of the molecule is CC1(C)COCCN1c1ccc(C(=O)O)c2ccccc12. The van der Waals surface area contributed by atoms with Gasteiger partial charge in [-0.2, -0.15) is 0 Å². The van der Waals surface area contributed by atoms with Gasteiger partial charge in [0.25, 0.3) is 0 Å². The molecule has 1 aliphatic rings. The van der Waals surface area contributed by atoms with Gasteiger partial charge in [-0.25, -0.2) is 4.79 Å². The lowest BCUT2D eigenvalue weighted by Gasteiger charge is -2.44. The van der Waals surface area contributed by atoms with Crippen LogP contribution in [0.15, 0.2) is 36.4 Å². The number of nitrogens with zero attached hydrogens (tertiary/aromatic N) is 1. The first kappa shape index (κ1) is 13.9. The van der Waals surface area contributed by atoms with Gasteiger partial charge in [0, 0.05) is 17.6 Å². The number of rotatable bonds is 2. The van der Waals surface area contributed by atoms with Gasteiger partial charge in [0.2, 0.25) is 0 Å². The molecule has 1 saturated heterocycles. The van der Waals surface area contributed by atoms with Crippen LogP contribution in [0, 0.1) is 0 Å². The Morgan fingerprint density at radius 1 is 1.19 bits per heavy atom. The van der Waals surface area contributed by atoms with Crippen molar-refractivity contribution in [1.29, 1.82) is 0 Å². The summed E-state index contributed by atoms with van der Waals surface area (Å²) < 4.78 is 5.57. The van der Waals surface area contributed by atoms with Crippen molar-refractivity contribution in [2.24, 2.45) is 0 Å². The van der Waals surface area contributed by atoms with Crippen molar-refractivity contribution < 1.29 is 14.6 Å². The molecule has 1 aliphatic heterocycles. The maximum absolute atomic E-state index is 11.4. The molecular weight excluding hydrogens is 266 g/mol. The second-order valence-corrected chi connectivity index (χ2v) is 6.00. The van der Waals surface area contributed by atoms with Gasteiger partial charge in [0.05, 0.1) is 24.3 Å². The fraction of sp³-hybridized carbons (Fsp3) is 0.353. The molecule has 4 nitrogen and oxygen atoms in total. The molecule has 3 rings (SSSR count). The highest BCUT2D eigenvalue weighted by molar-refractivity contribution is 6.08. The Bertz CT molecular complexity index is 693. The average Bonchev–Trinajstić information content (AvgIpc) is 2.46. The first-order chi connectivity index (χ1) is 10.0. The summed E-state index contributed by atoms with van der Waals surface area (Å²) in [7, 11) is 0. The summed E-state index contributed by atoms with van der Waals surface area (Å²) >= 11 is 0. The third kappa shape index (κ3) is 2.36.